The minimum absolute atomic E-state index is 0.416. The van der Waals surface area contributed by atoms with Crippen molar-refractivity contribution < 1.29 is 4.79 Å². The van der Waals surface area contributed by atoms with Gasteiger partial charge in [-0.05, 0) is 18.2 Å². The highest BCUT2D eigenvalue weighted by Crippen LogP contribution is 2.28. The number of piperazine rings is 1. The molecule has 2 N–H and O–H groups in total. The van der Waals surface area contributed by atoms with Gasteiger partial charge in [0.05, 0.1) is 9.90 Å². The van der Waals surface area contributed by atoms with Crippen molar-refractivity contribution in [2.75, 3.05) is 31.1 Å². The fraction of sp³-hybridized carbons (Fsp3) is 0.333. The van der Waals surface area contributed by atoms with E-state index >= 15 is 0 Å². The predicted octanol–water partition coefficient (Wildman–Crippen LogP) is 2.22. The molecule has 1 aliphatic rings. The van der Waals surface area contributed by atoms with Crippen molar-refractivity contribution in [1.82, 2.24) is 9.88 Å². The molecule has 0 unspecified atom stereocenters. The van der Waals surface area contributed by atoms with Crippen molar-refractivity contribution in [2.45, 2.75) is 6.54 Å². The molecule has 0 spiro atoms. The number of halogens is 1. The van der Waals surface area contributed by atoms with Crippen molar-refractivity contribution in [3.63, 3.8) is 0 Å². The van der Waals surface area contributed by atoms with Gasteiger partial charge in [0.15, 0.2) is 0 Å². The molecule has 0 saturated carbocycles. The third kappa shape index (κ3) is 3.40. The smallest absolute Gasteiger partial charge is 0.258 e. The monoisotopic (exact) mass is 336 g/mol. The fourth-order valence-electron chi connectivity index (χ4n) is 2.56. The molecular weight excluding hydrogens is 320 g/mol. The van der Waals surface area contributed by atoms with Crippen LogP contribution in [0, 0.1) is 0 Å². The van der Waals surface area contributed by atoms with Gasteiger partial charge in [-0.3, -0.25) is 14.7 Å². The van der Waals surface area contributed by atoms with E-state index in [1.165, 1.54) is 17.0 Å². The first-order chi connectivity index (χ1) is 10.6. The fourth-order valence-corrected chi connectivity index (χ4v) is 3.85. The van der Waals surface area contributed by atoms with E-state index in [0.717, 1.165) is 37.6 Å². The van der Waals surface area contributed by atoms with Crippen molar-refractivity contribution in [3.8, 4) is 0 Å². The lowest BCUT2D eigenvalue weighted by Gasteiger charge is -2.35. The zero-order chi connectivity index (χ0) is 15.5. The van der Waals surface area contributed by atoms with Gasteiger partial charge in [0.25, 0.3) is 5.91 Å². The van der Waals surface area contributed by atoms with Crippen LogP contribution in [0.5, 0.6) is 0 Å². The third-order valence-corrected chi connectivity index (χ3v) is 5.35. The molecule has 2 aromatic rings. The number of thiophene rings is 1. The number of anilines is 1. The summed E-state index contributed by atoms with van der Waals surface area (Å²) in [5.74, 6) is -0.416. The van der Waals surface area contributed by atoms with Gasteiger partial charge in [0.1, 0.15) is 0 Å². The lowest BCUT2D eigenvalue weighted by atomic mass is 10.2. The van der Waals surface area contributed by atoms with Crippen molar-refractivity contribution in [3.05, 3.63) is 45.4 Å². The van der Waals surface area contributed by atoms with Crippen LogP contribution in [0.25, 0.3) is 0 Å². The molecular formula is C15H17ClN4OS. The second-order valence-electron chi connectivity index (χ2n) is 5.21. The number of hydrogen-bond donors (Lipinski definition) is 1. The van der Waals surface area contributed by atoms with Crippen molar-refractivity contribution >= 4 is 34.5 Å². The Morgan fingerprint density at radius 3 is 2.55 bits per heavy atom. The first-order valence-electron chi connectivity index (χ1n) is 7.09. The van der Waals surface area contributed by atoms with E-state index in [2.05, 4.69) is 14.8 Å². The van der Waals surface area contributed by atoms with Gasteiger partial charge in [-0.1, -0.05) is 11.6 Å². The molecule has 1 amide bonds. The maximum Gasteiger partial charge on any atom is 0.258 e. The summed E-state index contributed by atoms with van der Waals surface area (Å²) in [6.45, 7) is 4.62. The molecule has 116 valence electrons. The highest BCUT2D eigenvalue weighted by Gasteiger charge is 2.19. The molecule has 0 bridgehead atoms. The second-order valence-corrected chi connectivity index (χ2v) is 6.76. The minimum Gasteiger partial charge on any atom is -0.369 e. The normalized spacial score (nSPS) is 16.0. The van der Waals surface area contributed by atoms with Crippen LogP contribution in [-0.4, -0.2) is 42.0 Å². The Morgan fingerprint density at radius 1 is 1.27 bits per heavy atom. The molecule has 5 nitrogen and oxygen atoms in total. The quantitative estimate of drug-likeness (QED) is 0.930. The van der Waals surface area contributed by atoms with E-state index in [-0.39, 0.29) is 0 Å². The summed E-state index contributed by atoms with van der Waals surface area (Å²) in [6, 6.07) is 5.73. The van der Waals surface area contributed by atoms with Gasteiger partial charge in [0.2, 0.25) is 0 Å². The molecule has 1 aliphatic heterocycles. The molecule has 3 rings (SSSR count). The Morgan fingerprint density at radius 2 is 1.95 bits per heavy atom. The van der Waals surface area contributed by atoms with Crippen LogP contribution >= 0.6 is 22.9 Å². The maximum atomic E-state index is 11.2. The summed E-state index contributed by atoms with van der Waals surface area (Å²) < 4.78 is 0. The lowest BCUT2D eigenvalue weighted by Crippen LogP contribution is -2.45. The number of amides is 1. The Hall–Kier alpha value is -1.63. The summed E-state index contributed by atoms with van der Waals surface area (Å²) >= 11 is 7.58. The summed E-state index contributed by atoms with van der Waals surface area (Å²) in [5.41, 5.74) is 6.51. The summed E-state index contributed by atoms with van der Waals surface area (Å²) in [6.07, 6.45) is 3.64. The van der Waals surface area contributed by atoms with Crippen LogP contribution < -0.4 is 10.6 Å². The zero-order valence-corrected chi connectivity index (χ0v) is 13.6. The molecule has 7 heteroatoms. The van der Waals surface area contributed by atoms with Crippen LogP contribution in [0.3, 0.4) is 0 Å². The number of rotatable bonds is 4. The van der Waals surface area contributed by atoms with Crippen LogP contribution in [-0.2, 0) is 6.54 Å². The molecule has 0 radical (unpaired) electrons. The Bertz CT molecular complexity index is 653. The SMILES string of the molecule is NC(=O)c1cc(Cl)c(CN2CCN(c3ccncc3)CC2)s1. The van der Waals surface area contributed by atoms with Crippen LogP contribution in [0.4, 0.5) is 5.69 Å². The zero-order valence-electron chi connectivity index (χ0n) is 12.0. The minimum atomic E-state index is -0.416. The Kier molecular flexibility index (Phi) is 4.61. The van der Waals surface area contributed by atoms with Gasteiger partial charge in [0, 0.05) is 55.7 Å². The second kappa shape index (κ2) is 6.64. The predicted molar refractivity (Wildman–Crippen MR) is 89.6 cm³/mol. The first kappa shape index (κ1) is 15.3. The molecule has 22 heavy (non-hydrogen) atoms. The Labute approximate surface area is 138 Å². The average molecular weight is 337 g/mol. The number of carbonyl (C=O) groups excluding carboxylic acids is 1. The topological polar surface area (TPSA) is 62.5 Å². The van der Waals surface area contributed by atoms with E-state index in [1.54, 1.807) is 6.07 Å². The largest absolute Gasteiger partial charge is 0.369 e. The van der Waals surface area contributed by atoms with Crippen molar-refractivity contribution in [2.24, 2.45) is 5.73 Å². The number of nitrogens with zero attached hydrogens (tertiary/aromatic N) is 3. The standard InChI is InChI=1S/C15H17ClN4OS/c16-12-9-13(15(17)21)22-14(12)10-19-5-7-20(8-6-19)11-1-3-18-4-2-11/h1-4,9H,5-8,10H2,(H2,17,21). The molecule has 1 saturated heterocycles. The van der Waals surface area contributed by atoms with E-state index in [0.29, 0.717) is 9.90 Å². The first-order valence-corrected chi connectivity index (χ1v) is 8.28. The van der Waals surface area contributed by atoms with Gasteiger partial charge >= 0.3 is 0 Å². The molecule has 0 aliphatic carbocycles. The number of hydrogen-bond acceptors (Lipinski definition) is 5. The van der Waals surface area contributed by atoms with Gasteiger partial charge in [-0.2, -0.15) is 0 Å². The van der Waals surface area contributed by atoms with Gasteiger partial charge < -0.3 is 10.6 Å². The maximum absolute atomic E-state index is 11.2. The summed E-state index contributed by atoms with van der Waals surface area (Å²) in [7, 11) is 0. The number of nitrogens with two attached hydrogens (primary N) is 1. The van der Waals surface area contributed by atoms with Crippen LogP contribution in [0.2, 0.25) is 5.02 Å². The number of aromatic nitrogens is 1. The lowest BCUT2D eigenvalue weighted by molar-refractivity contribution is 0.100. The molecule has 2 aromatic heterocycles. The van der Waals surface area contributed by atoms with E-state index in [9.17, 15) is 4.79 Å². The van der Waals surface area contributed by atoms with Crippen LogP contribution in [0.1, 0.15) is 14.5 Å². The molecule has 0 aromatic carbocycles. The van der Waals surface area contributed by atoms with Crippen LogP contribution in [0.15, 0.2) is 30.6 Å². The van der Waals surface area contributed by atoms with Gasteiger partial charge in [-0.15, -0.1) is 11.3 Å². The average Bonchev–Trinajstić information content (AvgIpc) is 2.90. The van der Waals surface area contributed by atoms with E-state index < -0.39 is 5.91 Å². The van der Waals surface area contributed by atoms with Crippen molar-refractivity contribution in [1.29, 1.82) is 0 Å². The number of primary amides is 1. The summed E-state index contributed by atoms with van der Waals surface area (Å²) in [4.78, 5) is 21.5. The molecule has 0 atom stereocenters. The Balaban J connectivity index is 1.59. The highest BCUT2D eigenvalue weighted by atomic mass is 35.5. The van der Waals surface area contributed by atoms with E-state index in [1.807, 2.05) is 24.5 Å². The molecule has 3 heterocycles. The highest BCUT2D eigenvalue weighted by molar-refractivity contribution is 7.14. The number of pyridine rings is 1. The number of carbonyl (C=O) groups is 1. The summed E-state index contributed by atoms with van der Waals surface area (Å²) in [5, 5.41) is 0.635. The molecule has 1 fully saturated rings. The van der Waals surface area contributed by atoms with Gasteiger partial charge in [-0.25, -0.2) is 0 Å². The third-order valence-electron chi connectivity index (χ3n) is 3.77. The van der Waals surface area contributed by atoms with E-state index in [4.69, 9.17) is 17.3 Å².